The average Bonchev–Trinajstić information content (AvgIpc) is 3.16. The molecular formula is C26H28ClN5O3. The van der Waals surface area contributed by atoms with Gasteiger partial charge in [0.15, 0.2) is 5.65 Å². The molecule has 3 heterocycles. The van der Waals surface area contributed by atoms with E-state index in [0.29, 0.717) is 53.4 Å². The minimum absolute atomic E-state index is 0.0581. The molecule has 1 aliphatic rings. The first-order valence-electron chi connectivity index (χ1n) is 11.5. The molecular weight excluding hydrogens is 466 g/mol. The number of terminal acetylenes is 1. The van der Waals surface area contributed by atoms with Crippen molar-refractivity contribution in [1.29, 1.82) is 0 Å². The van der Waals surface area contributed by atoms with Gasteiger partial charge in [-0.25, -0.2) is 14.5 Å². The summed E-state index contributed by atoms with van der Waals surface area (Å²) in [6.45, 7) is 8.54. The maximum Gasteiger partial charge on any atom is 0.410 e. The lowest BCUT2D eigenvalue weighted by Gasteiger charge is -2.33. The fourth-order valence-corrected chi connectivity index (χ4v) is 4.47. The van der Waals surface area contributed by atoms with Crippen LogP contribution in [-0.2, 0) is 4.74 Å². The Labute approximate surface area is 209 Å². The van der Waals surface area contributed by atoms with Crippen LogP contribution in [0.2, 0.25) is 5.02 Å². The Hall–Kier alpha value is -3.57. The smallest absolute Gasteiger partial charge is 0.410 e. The topological polar surface area (TPSA) is 89.4 Å². The van der Waals surface area contributed by atoms with Crippen LogP contribution < -0.4 is 5.32 Å². The van der Waals surface area contributed by atoms with Crippen molar-refractivity contribution in [1.82, 2.24) is 19.7 Å². The van der Waals surface area contributed by atoms with Crippen LogP contribution >= 0.6 is 11.6 Å². The Morgan fingerprint density at radius 2 is 1.86 bits per heavy atom. The Morgan fingerprint density at radius 3 is 2.46 bits per heavy atom. The summed E-state index contributed by atoms with van der Waals surface area (Å²) in [4.78, 5) is 31.6. The maximum atomic E-state index is 12.9. The third kappa shape index (κ3) is 5.25. The van der Waals surface area contributed by atoms with Crippen LogP contribution in [0.15, 0.2) is 30.5 Å². The predicted molar refractivity (Wildman–Crippen MR) is 136 cm³/mol. The number of benzene rings is 1. The summed E-state index contributed by atoms with van der Waals surface area (Å²) in [6.07, 6.45) is 7.98. The third-order valence-electron chi connectivity index (χ3n) is 5.85. The molecule has 1 fully saturated rings. The molecule has 0 unspecified atom stereocenters. The molecule has 8 nitrogen and oxygen atoms in total. The van der Waals surface area contributed by atoms with E-state index in [1.807, 2.05) is 32.4 Å². The number of pyridine rings is 1. The van der Waals surface area contributed by atoms with E-state index in [4.69, 9.17) is 27.9 Å². The summed E-state index contributed by atoms with van der Waals surface area (Å²) in [5, 5.41) is 8.48. The number of ether oxygens (including phenoxy) is 1. The highest BCUT2D eigenvalue weighted by molar-refractivity contribution is 6.39. The molecule has 9 heteroatoms. The molecule has 4 rings (SSSR count). The first-order valence-corrected chi connectivity index (χ1v) is 11.8. The molecule has 182 valence electrons. The number of rotatable bonds is 3. The number of carbonyl (C=O) groups is 2. The Kier molecular flexibility index (Phi) is 6.73. The van der Waals surface area contributed by atoms with Gasteiger partial charge in [-0.15, -0.1) is 6.42 Å². The largest absolute Gasteiger partial charge is 0.444 e. The van der Waals surface area contributed by atoms with E-state index in [-0.39, 0.29) is 23.6 Å². The van der Waals surface area contributed by atoms with E-state index in [9.17, 15) is 9.59 Å². The van der Waals surface area contributed by atoms with Gasteiger partial charge in [-0.05, 0) is 64.8 Å². The molecule has 3 aromatic rings. The molecule has 0 spiro atoms. The number of piperidine rings is 1. The summed E-state index contributed by atoms with van der Waals surface area (Å²) in [6, 6.07) is 7.03. The minimum atomic E-state index is -0.529. The number of amides is 2. The van der Waals surface area contributed by atoms with Crippen LogP contribution in [0.3, 0.4) is 0 Å². The van der Waals surface area contributed by atoms with Gasteiger partial charge in [-0.1, -0.05) is 17.5 Å². The highest BCUT2D eigenvalue weighted by Gasteiger charge is 2.30. The lowest BCUT2D eigenvalue weighted by atomic mass is 10.1. The summed E-state index contributed by atoms with van der Waals surface area (Å²) in [7, 11) is 0. The molecule has 1 N–H and O–H groups in total. The molecule has 0 saturated carbocycles. The van der Waals surface area contributed by atoms with Gasteiger partial charge >= 0.3 is 6.09 Å². The van der Waals surface area contributed by atoms with Crippen molar-refractivity contribution in [2.24, 2.45) is 0 Å². The van der Waals surface area contributed by atoms with E-state index in [1.54, 1.807) is 29.2 Å². The highest BCUT2D eigenvalue weighted by atomic mass is 35.5. The van der Waals surface area contributed by atoms with Crippen molar-refractivity contribution in [3.63, 3.8) is 0 Å². The quantitative estimate of drug-likeness (QED) is 0.506. The van der Waals surface area contributed by atoms with E-state index in [1.165, 1.54) is 6.20 Å². The molecule has 0 aliphatic carbocycles. The van der Waals surface area contributed by atoms with E-state index in [2.05, 4.69) is 16.2 Å². The standard InChI is InChI=1S/C26H28ClN5O3/c1-6-17-7-9-18(10-8-17)29-24(33)20-15-28-23-21(22(20)27)16(2)30-32(23)19-11-13-31(14-12-19)25(34)35-26(3,4)5/h1,7-10,15,19H,11-14H2,2-5H3,(H,29,33). The first kappa shape index (κ1) is 24.6. The molecule has 1 aliphatic heterocycles. The molecule has 0 radical (unpaired) electrons. The molecule has 35 heavy (non-hydrogen) atoms. The maximum absolute atomic E-state index is 12.9. The predicted octanol–water partition coefficient (Wildman–Crippen LogP) is 5.20. The van der Waals surface area contributed by atoms with Gasteiger partial charge in [0.1, 0.15) is 5.60 Å². The van der Waals surface area contributed by atoms with Crippen molar-refractivity contribution in [2.75, 3.05) is 18.4 Å². The van der Waals surface area contributed by atoms with Gasteiger partial charge in [0.2, 0.25) is 0 Å². The van der Waals surface area contributed by atoms with Crippen LogP contribution in [0.1, 0.15) is 61.3 Å². The van der Waals surface area contributed by atoms with Crippen LogP contribution in [0.5, 0.6) is 0 Å². The van der Waals surface area contributed by atoms with Crippen molar-refractivity contribution in [3.05, 3.63) is 52.3 Å². The summed E-state index contributed by atoms with van der Waals surface area (Å²) in [5.41, 5.74) is 2.39. The van der Waals surface area contributed by atoms with Gasteiger partial charge in [0, 0.05) is 30.5 Å². The normalized spacial score (nSPS) is 14.6. The third-order valence-corrected chi connectivity index (χ3v) is 6.24. The molecule has 0 atom stereocenters. The number of aryl methyl sites for hydroxylation is 1. The van der Waals surface area contributed by atoms with Crippen molar-refractivity contribution in [3.8, 4) is 12.3 Å². The summed E-state index contributed by atoms with van der Waals surface area (Å²) in [5.74, 6) is 2.18. The fourth-order valence-electron chi connectivity index (χ4n) is 4.11. The molecule has 0 bridgehead atoms. The lowest BCUT2D eigenvalue weighted by molar-refractivity contribution is 0.0186. The van der Waals surface area contributed by atoms with Crippen LogP contribution in [0.4, 0.5) is 10.5 Å². The number of fused-ring (bicyclic) bond motifs is 1. The van der Waals surface area contributed by atoms with Gasteiger partial charge in [0.05, 0.1) is 27.7 Å². The minimum Gasteiger partial charge on any atom is -0.444 e. The number of likely N-dealkylation sites (tertiary alicyclic amines) is 1. The number of anilines is 1. The van der Waals surface area contributed by atoms with Gasteiger partial charge in [-0.3, -0.25) is 4.79 Å². The number of nitrogens with one attached hydrogen (secondary N) is 1. The summed E-state index contributed by atoms with van der Waals surface area (Å²) >= 11 is 6.68. The molecule has 2 amide bonds. The van der Waals surface area contributed by atoms with Crippen LogP contribution in [0.25, 0.3) is 11.0 Å². The first-order chi connectivity index (χ1) is 16.6. The average molecular weight is 494 g/mol. The van der Waals surface area contributed by atoms with Crippen LogP contribution in [-0.4, -0.2) is 50.4 Å². The van der Waals surface area contributed by atoms with E-state index in [0.717, 1.165) is 5.56 Å². The zero-order valence-corrected chi connectivity index (χ0v) is 21.0. The number of hydrogen-bond acceptors (Lipinski definition) is 5. The van der Waals surface area contributed by atoms with Crippen molar-refractivity contribution < 1.29 is 14.3 Å². The monoisotopic (exact) mass is 493 g/mol. The van der Waals surface area contributed by atoms with Crippen LogP contribution in [0, 0.1) is 19.3 Å². The zero-order valence-electron chi connectivity index (χ0n) is 20.3. The Bertz CT molecular complexity index is 1310. The fraction of sp³-hybridized carbons (Fsp3) is 0.385. The highest BCUT2D eigenvalue weighted by Crippen LogP contribution is 2.33. The SMILES string of the molecule is C#Cc1ccc(NC(=O)c2cnc3c(c(C)nn3C3CCN(C(=O)OC(C)(C)C)CC3)c2Cl)cc1. The second-order valence-corrected chi connectivity index (χ2v) is 9.97. The summed E-state index contributed by atoms with van der Waals surface area (Å²) < 4.78 is 7.35. The number of aromatic nitrogens is 3. The Balaban J connectivity index is 1.52. The second kappa shape index (κ2) is 9.59. The van der Waals surface area contributed by atoms with Crippen molar-refractivity contribution in [2.45, 2.75) is 52.2 Å². The number of halogens is 1. The number of nitrogens with zero attached hydrogens (tertiary/aromatic N) is 4. The number of hydrogen-bond donors (Lipinski definition) is 1. The van der Waals surface area contributed by atoms with Gasteiger partial charge in [0.25, 0.3) is 5.91 Å². The number of carbonyl (C=O) groups excluding carboxylic acids is 2. The van der Waals surface area contributed by atoms with Crippen molar-refractivity contribution >= 4 is 40.3 Å². The molecule has 1 saturated heterocycles. The molecule has 1 aromatic carbocycles. The van der Waals surface area contributed by atoms with E-state index >= 15 is 0 Å². The zero-order chi connectivity index (χ0) is 25.3. The second-order valence-electron chi connectivity index (χ2n) is 9.59. The Morgan fingerprint density at radius 1 is 1.20 bits per heavy atom. The van der Waals surface area contributed by atoms with E-state index < -0.39 is 5.60 Å². The lowest BCUT2D eigenvalue weighted by Crippen LogP contribution is -2.42. The van der Waals surface area contributed by atoms with Gasteiger partial charge < -0.3 is 15.0 Å². The molecule has 2 aromatic heterocycles. The van der Waals surface area contributed by atoms with Gasteiger partial charge in [-0.2, -0.15) is 5.10 Å².